The maximum atomic E-state index is 13.8. The van der Waals surface area contributed by atoms with Gasteiger partial charge in [-0.3, -0.25) is 9.10 Å². The maximum absolute atomic E-state index is 13.8. The normalized spacial score (nSPS) is 11.5. The lowest BCUT2D eigenvalue weighted by Crippen LogP contribution is -2.39. The molecule has 9 nitrogen and oxygen atoms in total. The molecule has 41 heavy (non-hydrogen) atoms. The summed E-state index contributed by atoms with van der Waals surface area (Å²) in [5.41, 5.74) is 5.01. The van der Waals surface area contributed by atoms with Crippen molar-refractivity contribution in [3.63, 3.8) is 0 Å². The maximum Gasteiger partial charge on any atom is 0.264 e. The first kappa shape index (κ1) is 30.0. The third kappa shape index (κ3) is 7.02. The van der Waals surface area contributed by atoms with Crippen LogP contribution in [0.5, 0.6) is 11.5 Å². The molecule has 1 N–H and O–H groups in total. The fourth-order valence-corrected chi connectivity index (χ4v) is 6.03. The highest BCUT2D eigenvalue weighted by Crippen LogP contribution is 2.33. The summed E-state index contributed by atoms with van der Waals surface area (Å²) >= 11 is 12.2. The highest BCUT2D eigenvalue weighted by molar-refractivity contribution is 7.92. The van der Waals surface area contributed by atoms with E-state index in [0.717, 1.165) is 15.4 Å². The number of rotatable bonds is 10. The molecule has 0 radical (unpaired) electrons. The van der Waals surface area contributed by atoms with E-state index in [9.17, 15) is 13.2 Å². The lowest BCUT2D eigenvalue weighted by molar-refractivity contribution is -0.119. The molecule has 12 heteroatoms. The Kier molecular flexibility index (Phi) is 9.27. The van der Waals surface area contributed by atoms with Crippen LogP contribution in [0.25, 0.3) is 11.3 Å². The number of hydrogen-bond donors (Lipinski definition) is 1. The van der Waals surface area contributed by atoms with Gasteiger partial charge in [-0.2, -0.15) is 5.10 Å². The standard InChI is InChI=1S/C29H27Cl2N3O6S/c1-18-11-19(2)13-21(12-18)34(41(36,37)23-7-10-27(38-3)28(15-23)39-4)17-29(35)33-32-16-22-6-9-26(40-22)24-8-5-20(30)14-25(24)31/h5-16H,17H2,1-4H3,(H,33,35)/b32-16-. The third-order valence-corrected chi connectivity index (χ3v) is 8.25. The predicted molar refractivity (Wildman–Crippen MR) is 160 cm³/mol. The van der Waals surface area contributed by atoms with Crippen LogP contribution >= 0.6 is 23.2 Å². The topological polar surface area (TPSA) is 110 Å². The van der Waals surface area contributed by atoms with Crippen LogP contribution in [0.1, 0.15) is 16.9 Å². The summed E-state index contributed by atoms with van der Waals surface area (Å²) in [4.78, 5) is 12.9. The number of anilines is 1. The summed E-state index contributed by atoms with van der Waals surface area (Å²) in [6, 6.07) is 17.9. The van der Waals surface area contributed by atoms with E-state index >= 15 is 0 Å². The van der Waals surface area contributed by atoms with Crippen LogP contribution in [0.3, 0.4) is 0 Å². The van der Waals surface area contributed by atoms with Gasteiger partial charge < -0.3 is 13.9 Å². The van der Waals surface area contributed by atoms with Crippen molar-refractivity contribution in [2.75, 3.05) is 25.1 Å². The highest BCUT2D eigenvalue weighted by Gasteiger charge is 2.28. The average molecular weight is 617 g/mol. The Hall–Kier alpha value is -3.99. The first-order valence-corrected chi connectivity index (χ1v) is 14.4. The van der Waals surface area contributed by atoms with E-state index in [4.69, 9.17) is 37.1 Å². The SMILES string of the molecule is COc1ccc(S(=O)(=O)N(CC(=O)N/N=C\c2ccc(-c3ccc(Cl)cc3Cl)o2)c2cc(C)cc(C)c2)cc1OC. The quantitative estimate of drug-likeness (QED) is 0.167. The second-order valence-electron chi connectivity index (χ2n) is 8.99. The molecule has 0 bridgehead atoms. The number of sulfonamides is 1. The number of nitrogens with one attached hydrogen (secondary N) is 1. The van der Waals surface area contributed by atoms with E-state index in [0.29, 0.717) is 38.6 Å². The smallest absolute Gasteiger partial charge is 0.264 e. The molecule has 0 saturated carbocycles. The molecule has 3 aromatic carbocycles. The lowest BCUT2D eigenvalue weighted by Gasteiger charge is -2.25. The molecule has 0 saturated heterocycles. The first-order valence-electron chi connectivity index (χ1n) is 12.2. The van der Waals surface area contributed by atoms with Gasteiger partial charge in [-0.05, 0) is 79.6 Å². The Morgan fingerprint density at radius 2 is 1.66 bits per heavy atom. The summed E-state index contributed by atoms with van der Waals surface area (Å²) in [7, 11) is -1.34. The highest BCUT2D eigenvalue weighted by atomic mass is 35.5. The van der Waals surface area contributed by atoms with Crippen molar-refractivity contribution in [2.24, 2.45) is 5.10 Å². The molecule has 0 unspecified atom stereocenters. The van der Waals surface area contributed by atoms with Crippen molar-refractivity contribution >= 4 is 51.0 Å². The van der Waals surface area contributed by atoms with Crippen molar-refractivity contribution < 1.29 is 27.1 Å². The van der Waals surface area contributed by atoms with E-state index in [2.05, 4.69) is 10.5 Å². The summed E-state index contributed by atoms with van der Waals surface area (Å²) < 4.78 is 44.9. The van der Waals surface area contributed by atoms with E-state index < -0.39 is 22.5 Å². The number of nitrogens with zero attached hydrogens (tertiary/aromatic N) is 2. The van der Waals surface area contributed by atoms with Crippen LogP contribution in [0, 0.1) is 13.8 Å². The van der Waals surface area contributed by atoms with Crippen LogP contribution in [-0.4, -0.2) is 41.3 Å². The number of carbonyl (C=O) groups excluding carboxylic acids is 1. The molecule has 4 rings (SSSR count). The number of ether oxygens (including phenoxy) is 2. The van der Waals surface area contributed by atoms with E-state index in [-0.39, 0.29) is 10.6 Å². The van der Waals surface area contributed by atoms with E-state index in [1.165, 1.54) is 38.6 Å². The van der Waals surface area contributed by atoms with Gasteiger partial charge in [0.25, 0.3) is 15.9 Å². The summed E-state index contributed by atoms with van der Waals surface area (Å²) in [6.45, 7) is 3.15. The van der Waals surface area contributed by atoms with Gasteiger partial charge >= 0.3 is 0 Å². The van der Waals surface area contributed by atoms with Gasteiger partial charge in [0.2, 0.25) is 0 Å². The van der Waals surface area contributed by atoms with Crippen LogP contribution < -0.4 is 19.2 Å². The summed E-state index contributed by atoms with van der Waals surface area (Å²) in [6.07, 6.45) is 1.30. The average Bonchev–Trinajstić information content (AvgIpc) is 3.39. The summed E-state index contributed by atoms with van der Waals surface area (Å²) in [5.74, 6) is 0.769. The van der Waals surface area contributed by atoms with E-state index in [1.807, 2.05) is 19.9 Å². The Morgan fingerprint density at radius 1 is 0.951 bits per heavy atom. The molecule has 1 heterocycles. The molecule has 1 aromatic heterocycles. The van der Waals surface area contributed by atoms with Crippen LogP contribution in [0.15, 0.2) is 81.1 Å². The Balaban J connectivity index is 1.57. The molecule has 214 valence electrons. The number of aryl methyl sites for hydroxylation is 2. The molecule has 0 fully saturated rings. The van der Waals surface area contributed by atoms with Gasteiger partial charge in [0.05, 0.1) is 36.0 Å². The largest absolute Gasteiger partial charge is 0.493 e. The number of carbonyl (C=O) groups is 1. The number of hydrazone groups is 1. The van der Waals surface area contributed by atoms with Gasteiger partial charge in [0.1, 0.15) is 18.1 Å². The van der Waals surface area contributed by atoms with Crippen molar-refractivity contribution in [1.29, 1.82) is 0 Å². The van der Waals surface area contributed by atoms with Crippen LogP contribution in [0.4, 0.5) is 5.69 Å². The molecule has 0 aliphatic rings. The zero-order chi connectivity index (χ0) is 29.7. The van der Waals surface area contributed by atoms with Crippen LogP contribution in [-0.2, 0) is 14.8 Å². The molecular formula is C29H27Cl2N3O6S. The lowest BCUT2D eigenvalue weighted by atomic mass is 10.1. The van der Waals surface area contributed by atoms with Crippen LogP contribution in [0.2, 0.25) is 10.0 Å². The minimum atomic E-state index is -4.21. The summed E-state index contributed by atoms with van der Waals surface area (Å²) in [5, 5.41) is 4.86. The molecule has 0 aliphatic carbocycles. The fraction of sp³-hybridized carbons (Fsp3) is 0.172. The van der Waals surface area contributed by atoms with Gasteiger partial charge in [-0.25, -0.2) is 13.8 Å². The Labute approximate surface area is 248 Å². The second-order valence-corrected chi connectivity index (χ2v) is 11.7. The van der Waals surface area contributed by atoms with Crippen molar-refractivity contribution in [3.05, 3.63) is 93.7 Å². The minimum absolute atomic E-state index is 0.0745. The molecule has 0 aliphatic heterocycles. The zero-order valence-electron chi connectivity index (χ0n) is 22.6. The predicted octanol–water partition coefficient (Wildman–Crippen LogP) is 6.23. The van der Waals surface area contributed by atoms with Gasteiger partial charge in [-0.1, -0.05) is 29.3 Å². The fourth-order valence-electron chi connectivity index (χ4n) is 4.10. The molecular weight excluding hydrogens is 589 g/mol. The third-order valence-electron chi connectivity index (χ3n) is 5.93. The number of benzene rings is 3. The minimum Gasteiger partial charge on any atom is -0.493 e. The second kappa shape index (κ2) is 12.7. The number of methoxy groups -OCH3 is 2. The van der Waals surface area contributed by atoms with Gasteiger partial charge in [0, 0.05) is 16.7 Å². The zero-order valence-corrected chi connectivity index (χ0v) is 25.0. The molecule has 0 atom stereocenters. The van der Waals surface area contributed by atoms with E-state index in [1.54, 1.807) is 42.5 Å². The Bertz CT molecular complexity index is 1700. The number of furan rings is 1. The van der Waals surface area contributed by atoms with Gasteiger partial charge in [-0.15, -0.1) is 0 Å². The van der Waals surface area contributed by atoms with Crippen molar-refractivity contribution in [3.8, 4) is 22.8 Å². The van der Waals surface area contributed by atoms with Crippen molar-refractivity contribution in [1.82, 2.24) is 5.43 Å². The van der Waals surface area contributed by atoms with Gasteiger partial charge in [0.15, 0.2) is 11.5 Å². The number of halogens is 2. The first-order chi connectivity index (χ1) is 19.5. The monoisotopic (exact) mass is 615 g/mol. The van der Waals surface area contributed by atoms with Crippen molar-refractivity contribution in [2.45, 2.75) is 18.7 Å². The molecule has 4 aromatic rings. The molecule has 0 spiro atoms. The number of amides is 1. The number of hydrogen-bond acceptors (Lipinski definition) is 7. The Morgan fingerprint density at radius 3 is 2.32 bits per heavy atom. The molecule has 1 amide bonds.